The summed E-state index contributed by atoms with van der Waals surface area (Å²) in [5, 5.41) is 11.0. The van der Waals surface area contributed by atoms with Crippen LogP contribution in [0.1, 0.15) is 0 Å². The summed E-state index contributed by atoms with van der Waals surface area (Å²) in [5.74, 6) is 0.558. The summed E-state index contributed by atoms with van der Waals surface area (Å²) in [7, 11) is 1.58. The molecule has 0 radical (unpaired) electrons. The second-order valence-corrected chi connectivity index (χ2v) is 7.32. The highest BCUT2D eigenvalue weighted by atomic mass is 79.9. The van der Waals surface area contributed by atoms with E-state index in [1.54, 1.807) is 17.8 Å². The molecular formula is C19H21BrClN5O3. The van der Waals surface area contributed by atoms with E-state index in [0.717, 1.165) is 21.5 Å². The Kier molecular flexibility index (Phi) is 7.82. The van der Waals surface area contributed by atoms with Crippen LogP contribution in [0.25, 0.3) is 16.9 Å². The number of ether oxygens (including phenoxy) is 2. The first kappa shape index (κ1) is 21.5. The van der Waals surface area contributed by atoms with Crippen LogP contribution in [0, 0.1) is 0 Å². The Labute approximate surface area is 181 Å². The summed E-state index contributed by atoms with van der Waals surface area (Å²) in [6, 6.07) is 9.41. The topological polar surface area (TPSA) is 89.8 Å². The van der Waals surface area contributed by atoms with Gasteiger partial charge in [0.25, 0.3) is 0 Å². The van der Waals surface area contributed by atoms with Crippen molar-refractivity contribution < 1.29 is 14.3 Å². The summed E-state index contributed by atoms with van der Waals surface area (Å²) < 4.78 is 12.5. The van der Waals surface area contributed by atoms with E-state index in [-0.39, 0.29) is 12.5 Å². The predicted molar refractivity (Wildman–Crippen MR) is 115 cm³/mol. The van der Waals surface area contributed by atoms with E-state index in [4.69, 9.17) is 21.1 Å². The average molecular weight is 483 g/mol. The minimum absolute atomic E-state index is 0.00558. The molecular weight excluding hydrogens is 462 g/mol. The summed E-state index contributed by atoms with van der Waals surface area (Å²) in [6.45, 7) is 1.78. The first-order valence-corrected chi connectivity index (χ1v) is 10.1. The van der Waals surface area contributed by atoms with Gasteiger partial charge in [0.1, 0.15) is 12.4 Å². The van der Waals surface area contributed by atoms with E-state index >= 15 is 0 Å². The van der Waals surface area contributed by atoms with Crippen LogP contribution in [-0.2, 0) is 14.3 Å². The molecule has 3 rings (SSSR count). The number of nitrogens with zero attached hydrogens (tertiary/aromatic N) is 3. The van der Waals surface area contributed by atoms with Crippen molar-refractivity contribution >= 4 is 44.9 Å². The van der Waals surface area contributed by atoms with Crippen molar-refractivity contribution in [2.75, 3.05) is 45.3 Å². The van der Waals surface area contributed by atoms with Gasteiger partial charge in [-0.25, -0.2) is 4.98 Å². The molecule has 154 valence electrons. The summed E-state index contributed by atoms with van der Waals surface area (Å²) in [5.41, 5.74) is 2.22. The molecule has 2 N–H and O–H groups in total. The minimum Gasteiger partial charge on any atom is -0.382 e. The van der Waals surface area contributed by atoms with Crippen LogP contribution >= 0.6 is 27.5 Å². The Bertz CT molecular complexity index is 982. The van der Waals surface area contributed by atoms with Crippen LogP contribution in [-0.4, -0.2) is 60.5 Å². The van der Waals surface area contributed by atoms with Gasteiger partial charge in [0.15, 0.2) is 5.65 Å². The molecule has 2 heterocycles. The molecule has 0 unspecified atom stereocenters. The molecule has 0 atom stereocenters. The highest BCUT2D eigenvalue weighted by Gasteiger charge is 2.13. The monoisotopic (exact) mass is 481 g/mol. The van der Waals surface area contributed by atoms with Gasteiger partial charge in [-0.1, -0.05) is 29.8 Å². The van der Waals surface area contributed by atoms with Crippen molar-refractivity contribution in [3.05, 3.63) is 46.0 Å². The third kappa shape index (κ3) is 5.66. The maximum Gasteiger partial charge on any atom is 0.246 e. The second kappa shape index (κ2) is 10.5. The Hall–Kier alpha value is -2.20. The molecule has 1 amide bonds. The molecule has 29 heavy (non-hydrogen) atoms. The van der Waals surface area contributed by atoms with Crippen molar-refractivity contribution in [2.24, 2.45) is 0 Å². The first-order valence-electron chi connectivity index (χ1n) is 8.96. The van der Waals surface area contributed by atoms with Crippen LogP contribution in [0.15, 0.2) is 41.0 Å². The van der Waals surface area contributed by atoms with E-state index in [9.17, 15) is 4.79 Å². The van der Waals surface area contributed by atoms with Crippen LogP contribution in [0.4, 0.5) is 5.82 Å². The van der Waals surface area contributed by atoms with Crippen molar-refractivity contribution in [1.29, 1.82) is 0 Å². The number of nitrogens with one attached hydrogen (secondary N) is 2. The quantitative estimate of drug-likeness (QED) is 0.432. The van der Waals surface area contributed by atoms with Gasteiger partial charge < -0.3 is 20.1 Å². The molecule has 0 fully saturated rings. The highest BCUT2D eigenvalue weighted by molar-refractivity contribution is 9.10. The van der Waals surface area contributed by atoms with E-state index < -0.39 is 0 Å². The molecule has 0 aliphatic carbocycles. The number of carbonyl (C=O) groups is 1. The number of fused-ring (bicyclic) bond motifs is 1. The summed E-state index contributed by atoms with van der Waals surface area (Å²) >= 11 is 9.81. The number of anilines is 1. The largest absolute Gasteiger partial charge is 0.382 e. The third-order valence-corrected chi connectivity index (χ3v) is 4.89. The van der Waals surface area contributed by atoms with E-state index in [2.05, 4.69) is 36.6 Å². The Balaban J connectivity index is 1.66. The van der Waals surface area contributed by atoms with E-state index in [0.29, 0.717) is 37.0 Å². The molecule has 1 aromatic carbocycles. The van der Waals surface area contributed by atoms with Crippen LogP contribution < -0.4 is 10.6 Å². The van der Waals surface area contributed by atoms with Gasteiger partial charge in [0.2, 0.25) is 5.91 Å². The molecule has 0 spiro atoms. The molecule has 2 aromatic heterocycles. The molecule has 0 saturated carbocycles. The molecule has 8 nitrogen and oxygen atoms in total. The Morgan fingerprint density at radius 2 is 2.10 bits per heavy atom. The van der Waals surface area contributed by atoms with Crippen molar-refractivity contribution in [2.45, 2.75) is 0 Å². The number of benzene rings is 1. The minimum atomic E-state index is -0.179. The fraction of sp³-hybridized carbons (Fsp3) is 0.316. The van der Waals surface area contributed by atoms with Gasteiger partial charge in [0, 0.05) is 36.9 Å². The molecule has 0 saturated heterocycles. The number of carbonyl (C=O) groups excluding carboxylic acids is 1. The van der Waals surface area contributed by atoms with Crippen molar-refractivity contribution in [3.8, 4) is 11.3 Å². The van der Waals surface area contributed by atoms with E-state index in [1.807, 2.05) is 30.3 Å². The van der Waals surface area contributed by atoms with Gasteiger partial charge in [-0.15, -0.1) is 0 Å². The van der Waals surface area contributed by atoms with Gasteiger partial charge in [-0.05, 0) is 22.0 Å². The Morgan fingerprint density at radius 1 is 1.28 bits per heavy atom. The lowest BCUT2D eigenvalue weighted by atomic mass is 10.1. The predicted octanol–water partition coefficient (Wildman–Crippen LogP) is 3.00. The normalized spacial score (nSPS) is 11.0. The number of hydrogen-bond acceptors (Lipinski definition) is 6. The molecule has 0 aliphatic rings. The second-order valence-electron chi connectivity index (χ2n) is 6.06. The zero-order valence-electron chi connectivity index (χ0n) is 15.8. The van der Waals surface area contributed by atoms with Crippen LogP contribution in [0.3, 0.4) is 0 Å². The zero-order chi connectivity index (χ0) is 20.6. The molecule has 0 aliphatic heterocycles. The fourth-order valence-electron chi connectivity index (χ4n) is 2.62. The first-order chi connectivity index (χ1) is 14.1. The molecule has 0 bridgehead atoms. The summed E-state index contributed by atoms with van der Waals surface area (Å²) in [4.78, 5) is 16.4. The standard InChI is InChI=1S/C19H21BrClN5O3/c1-28-8-9-29-12-18(27)23-7-6-22-17-10-16(13-4-2-3-5-15(13)21)25-19-14(20)11-24-26(17)19/h2-5,10-11,22H,6-9,12H2,1H3,(H,23,27). The number of hydrogen-bond donors (Lipinski definition) is 2. The molecule has 10 heteroatoms. The number of aromatic nitrogens is 3. The van der Waals surface area contributed by atoms with Crippen LogP contribution in [0.5, 0.6) is 0 Å². The lowest BCUT2D eigenvalue weighted by Gasteiger charge is -2.12. The van der Waals surface area contributed by atoms with E-state index in [1.165, 1.54) is 0 Å². The van der Waals surface area contributed by atoms with Gasteiger partial charge in [-0.3, -0.25) is 4.79 Å². The van der Waals surface area contributed by atoms with Gasteiger partial charge in [-0.2, -0.15) is 9.61 Å². The van der Waals surface area contributed by atoms with Crippen molar-refractivity contribution in [3.63, 3.8) is 0 Å². The van der Waals surface area contributed by atoms with Crippen molar-refractivity contribution in [1.82, 2.24) is 19.9 Å². The smallest absolute Gasteiger partial charge is 0.246 e. The number of methoxy groups -OCH3 is 1. The SMILES string of the molecule is COCCOCC(=O)NCCNc1cc(-c2ccccc2Cl)nc2c(Br)cnn12. The number of rotatable bonds is 10. The lowest BCUT2D eigenvalue weighted by Crippen LogP contribution is -2.32. The van der Waals surface area contributed by atoms with Gasteiger partial charge in [0.05, 0.1) is 29.6 Å². The molecule has 3 aromatic rings. The third-order valence-electron chi connectivity index (χ3n) is 4.00. The maximum absolute atomic E-state index is 11.8. The van der Waals surface area contributed by atoms with Crippen LogP contribution in [0.2, 0.25) is 5.02 Å². The maximum atomic E-state index is 11.8. The zero-order valence-corrected chi connectivity index (χ0v) is 18.2. The highest BCUT2D eigenvalue weighted by Crippen LogP contribution is 2.30. The lowest BCUT2D eigenvalue weighted by molar-refractivity contribution is -0.126. The Morgan fingerprint density at radius 3 is 2.90 bits per heavy atom. The summed E-state index contributed by atoms with van der Waals surface area (Å²) in [6.07, 6.45) is 1.68. The van der Waals surface area contributed by atoms with Gasteiger partial charge >= 0.3 is 0 Å². The average Bonchev–Trinajstić information content (AvgIpc) is 3.10. The number of halogens is 2. The number of amides is 1. The fourth-order valence-corrected chi connectivity index (χ4v) is 3.20.